The molecule has 1 atom stereocenters. The minimum atomic E-state index is -0.888. The maximum absolute atomic E-state index is 12.0. The van der Waals surface area contributed by atoms with E-state index < -0.39 is 30.6 Å². The van der Waals surface area contributed by atoms with Crippen LogP contribution in [0.15, 0.2) is 48.5 Å². The third-order valence-electron chi connectivity index (χ3n) is 3.64. The number of carbonyl (C=O) groups is 3. The fourth-order valence-electron chi connectivity index (χ4n) is 2.17. The van der Waals surface area contributed by atoms with Crippen LogP contribution in [0.1, 0.15) is 17.3 Å². The molecule has 28 heavy (non-hydrogen) atoms. The van der Waals surface area contributed by atoms with Crippen molar-refractivity contribution >= 4 is 23.5 Å². The van der Waals surface area contributed by atoms with E-state index in [0.717, 1.165) is 0 Å². The Morgan fingerprint density at radius 3 is 2.11 bits per heavy atom. The highest BCUT2D eigenvalue weighted by Crippen LogP contribution is 2.18. The Hall–Kier alpha value is -3.55. The first-order valence-corrected chi connectivity index (χ1v) is 8.38. The summed E-state index contributed by atoms with van der Waals surface area (Å²) in [5.41, 5.74) is 0.813. The summed E-state index contributed by atoms with van der Waals surface area (Å²) in [7, 11) is 2.83. The van der Waals surface area contributed by atoms with E-state index in [2.05, 4.69) is 10.1 Å². The van der Waals surface area contributed by atoms with E-state index in [1.54, 1.807) is 43.5 Å². The van der Waals surface area contributed by atoms with Gasteiger partial charge in [-0.3, -0.25) is 4.79 Å². The molecule has 2 aromatic rings. The molecular weight excluding hydrogens is 366 g/mol. The number of hydrogen-bond donors (Lipinski definition) is 1. The zero-order chi connectivity index (χ0) is 20.5. The highest BCUT2D eigenvalue weighted by atomic mass is 16.6. The topological polar surface area (TPSA) is 100 Å². The second kappa shape index (κ2) is 9.96. The fourth-order valence-corrected chi connectivity index (χ4v) is 2.17. The molecule has 2 aromatic carbocycles. The summed E-state index contributed by atoms with van der Waals surface area (Å²) >= 11 is 0. The fraction of sp³-hybridized carbons (Fsp3) is 0.250. The zero-order valence-corrected chi connectivity index (χ0v) is 15.8. The van der Waals surface area contributed by atoms with Gasteiger partial charge in [-0.25, -0.2) is 9.59 Å². The van der Waals surface area contributed by atoms with Gasteiger partial charge in [0.2, 0.25) is 0 Å². The van der Waals surface area contributed by atoms with Gasteiger partial charge in [-0.2, -0.15) is 0 Å². The number of nitrogens with one attached hydrogen (secondary N) is 1. The van der Waals surface area contributed by atoms with Crippen molar-refractivity contribution in [1.82, 2.24) is 0 Å². The van der Waals surface area contributed by atoms with Gasteiger partial charge in [-0.05, 0) is 55.5 Å². The second-order valence-corrected chi connectivity index (χ2v) is 5.66. The van der Waals surface area contributed by atoms with Crippen LogP contribution in [0, 0.1) is 0 Å². The molecule has 0 radical (unpaired) electrons. The lowest BCUT2D eigenvalue weighted by Gasteiger charge is -2.14. The van der Waals surface area contributed by atoms with Gasteiger partial charge in [0.05, 0.1) is 19.8 Å². The summed E-state index contributed by atoms with van der Waals surface area (Å²) in [5, 5.41) is 2.56. The lowest BCUT2D eigenvalue weighted by Crippen LogP contribution is -2.29. The Morgan fingerprint density at radius 2 is 1.54 bits per heavy atom. The molecule has 0 bridgehead atoms. The number of carbonyl (C=O) groups excluding carboxylic acids is 3. The minimum Gasteiger partial charge on any atom is -0.497 e. The number of esters is 2. The standard InChI is InChI=1S/C20H21NO7/c1-13(28-17-10-8-16(25-2)9-11-17)19(23)27-12-18(22)21-15-6-4-14(5-7-15)20(24)26-3/h4-11,13H,12H2,1-3H3,(H,21,22). The van der Waals surface area contributed by atoms with Crippen LogP contribution >= 0.6 is 0 Å². The average molecular weight is 387 g/mol. The zero-order valence-electron chi connectivity index (χ0n) is 15.8. The molecule has 148 valence electrons. The number of rotatable bonds is 8. The predicted molar refractivity (Wildman–Crippen MR) is 100 cm³/mol. The molecule has 8 nitrogen and oxygen atoms in total. The lowest BCUT2D eigenvalue weighted by molar-refractivity contribution is -0.153. The summed E-state index contributed by atoms with van der Waals surface area (Å²) in [6.07, 6.45) is -0.888. The number of ether oxygens (including phenoxy) is 4. The van der Waals surface area contributed by atoms with Crippen molar-refractivity contribution < 1.29 is 33.3 Å². The summed E-state index contributed by atoms with van der Waals surface area (Å²) < 4.78 is 20.1. The Labute approximate surface area is 162 Å². The predicted octanol–water partition coefficient (Wildman–Crippen LogP) is 2.43. The molecule has 0 aliphatic rings. The number of amides is 1. The molecule has 0 aliphatic heterocycles. The SMILES string of the molecule is COC(=O)c1ccc(NC(=O)COC(=O)C(C)Oc2ccc(OC)cc2)cc1. The summed E-state index contributed by atoms with van der Waals surface area (Å²) in [6, 6.07) is 12.8. The first kappa shape index (κ1) is 20.8. The lowest BCUT2D eigenvalue weighted by atomic mass is 10.2. The van der Waals surface area contributed by atoms with Gasteiger partial charge in [0.1, 0.15) is 11.5 Å². The molecule has 1 N–H and O–H groups in total. The first-order chi connectivity index (χ1) is 13.4. The molecule has 1 amide bonds. The second-order valence-electron chi connectivity index (χ2n) is 5.66. The van der Waals surface area contributed by atoms with E-state index in [9.17, 15) is 14.4 Å². The van der Waals surface area contributed by atoms with Gasteiger partial charge >= 0.3 is 11.9 Å². The van der Waals surface area contributed by atoms with E-state index in [-0.39, 0.29) is 0 Å². The monoisotopic (exact) mass is 387 g/mol. The van der Waals surface area contributed by atoms with Gasteiger partial charge < -0.3 is 24.3 Å². The number of hydrogen-bond acceptors (Lipinski definition) is 7. The maximum Gasteiger partial charge on any atom is 0.347 e. The van der Waals surface area contributed by atoms with Gasteiger partial charge in [-0.1, -0.05) is 0 Å². The maximum atomic E-state index is 12.0. The van der Waals surface area contributed by atoms with Crippen LogP contribution in [0.4, 0.5) is 5.69 Å². The molecule has 0 saturated carbocycles. The molecule has 2 rings (SSSR count). The van der Waals surface area contributed by atoms with Crippen LogP contribution < -0.4 is 14.8 Å². The Bertz CT molecular complexity index is 815. The Morgan fingerprint density at radius 1 is 0.929 bits per heavy atom. The Kier molecular flexibility index (Phi) is 7.38. The van der Waals surface area contributed by atoms with Crippen molar-refractivity contribution in [3.05, 3.63) is 54.1 Å². The van der Waals surface area contributed by atoms with E-state index >= 15 is 0 Å². The third-order valence-corrected chi connectivity index (χ3v) is 3.64. The van der Waals surface area contributed by atoms with Gasteiger partial charge in [0.25, 0.3) is 5.91 Å². The molecule has 0 saturated heterocycles. The van der Waals surface area contributed by atoms with E-state index in [1.165, 1.54) is 26.2 Å². The van der Waals surface area contributed by atoms with Crippen molar-refractivity contribution in [2.75, 3.05) is 26.1 Å². The van der Waals surface area contributed by atoms with Crippen LogP contribution in [-0.2, 0) is 19.1 Å². The van der Waals surface area contributed by atoms with Crippen LogP contribution in [0.5, 0.6) is 11.5 Å². The van der Waals surface area contributed by atoms with Crippen LogP contribution in [0.2, 0.25) is 0 Å². The Balaban J connectivity index is 1.79. The average Bonchev–Trinajstić information content (AvgIpc) is 2.72. The van der Waals surface area contributed by atoms with Crippen LogP contribution in [-0.4, -0.2) is 44.8 Å². The van der Waals surface area contributed by atoms with Gasteiger partial charge in [0, 0.05) is 5.69 Å². The van der Waals surface area contributed by atoms with Gasteiger partial charge in [-0.15, -0.1) is 0 Å². The summed E-state index contributed by atoms with van der Waals surface area (Å²) in [4.78, 5) is 35.3. The van der Waals surface area contributed by atoms with Crippen molar-refractivity contribution in [3.8, 4) is 11.5 Å². The molecule has 0 fully saturated rings. The summed E-state index contributed by atoms with van der Waals surface area (Å²) in [6.45, 7) is 1.06. The number of methoxy groups -OCH3 is 2. The molecule has 0 spiro atoms. The molecule has 0 aromatic heterocycles. The number of anilines is 1. The smallest absolute Gasteiger partial charge is 0.347 e. The quantitative estimate of drug-likeness (QED) is 0.694. The first-order valence-electron chi connectivity index (χ1n) is 8.38. The van der Waals surface area contributed by atoms with Crippen LogP contribution in [0.25, 0.3) is 0 Å². The van der Waals surface area contributed by atoms with Crippen molar-refractivity contribution in [2.24, 2.45) is 0 Å². The normalized spacial score (nSPS) is 11.1. The molecular formula is C20H21NO7. The van der Waals surface area contributed by atoms with Crippen molar-refractivity contribution in [3.63, 3.8) is 0 Å². The molecule has 8 heteroatoms. The molecule has 0 aliphatic carbocycles. The van der Waals surface area contributed by atoms with E-state index in [4.69, 9.17) is 14.2 Å². The van der Waals surface area contributed by atoms with Crippen LogP contribution in [0.3, 0.4) is 0 Å². The minimum absolute atomic E-state index is 0.358. The van der Waals surface area contributed by atoms with Gasteiger partial charge in [0.15, 0.2) is 12.7 Å². The van der Waals surface area contributed by atoms with Crippen molar-refractivity contribution in [2.45, 2.75) is 13.0 Å². The number of benzene rings is 2. The highest BCUT2D eigenvalue weighted by molar-refractivity contribution is 5.94. The third kappa shape index (κ3) is 6.01. The largest absolute Gasteiger partial charge is 0.497 e. The molecule has 1 unspecified atom stereocenters. The van der Waals surface area contributed by atoms with E-state index in [0.29, 0.717) is 22.7 Å². The summed E-state index contributed by atoms with van der Waals surface area (Å²) in [5.74, 6) is -0.528. The molecule has 0 heterocycles. The van der Waals surface area contributed by atoms with E-state index in [1.807, 2.05) is 0 Å². The van der Waals surface area contributed by atoms with Crippen molar-refractivity contribution in [1.29, 1.82) is 0 Å². The highest BCUT2D eigenvalue weighted by Gasteiger charge is 2.18.